The van der Waals surface area contributed by atoms with E-state index in [0.29, 0.717) is 11.5 Å². The first-order valence-electron chi connectivity index (χ1n) is 8.77. The van der Waals surface area contributed by atoms with E-state index in [-0.39, 0.29) is 22.5 Å². The van der Waals surface area contributed by atoms with Crippen LogP contribution in [0.1, 0.15) is 0 Å². The number of ether oxygens (including phenoxy) is 1. The van der Waals surface area contributed by atoms with Crippen LogP contribution >= 0.6 is 22.9 Å². The Hall–Kier alpha value is -3.37. The Morgan fingerprint density at radius 2 is 1.71 bits per heavy atom. The first-order valence-corrected chi connectivity index (χ1v) is 10.1. The average molecular weight is 464 g/mol. The van der Waals surface area contributed by atoms with Crippen molar-refractivity contribution < 1.29 is 17.9 Å². The van der Waals surface area contributed by atoms with Crippen LogP contribution in [0.25, 0.3) is 11.1 Å². The number of halogens is 4. The summed E-state index contributed by atoms with van der Waals surface area (Å²) in [6.45, 7) is 0. The zero-order valence-corrected chi connectivity index (χ0v) is 17.1. The molecule has 4 aromatic rings. The van der Waals surface area contributed by atoms with E-state index in [1.54, 1.807) is 23.6 Å². The molecule has 0 saturated carbocycles. The van der Waals surface area contributed by atoms with E-state index >= 15 is 0 Å². The van der Waals surface area contributed by atoms with Crippen molar-refractivity contribution in [3.63, 3.8) is 0 Å². The van der Waals surface area contributed by atoms with Crippen LogP contribution in [0, 0.1) is 0 Å². The number of aromatic nitrogens is 3. The summed E-state index contributed by atoms with van der Waals surface area (Å²) in [6, 6.07) is 10.9. The summed E-state index contributed by atoms with van der Waals surface area (Å²) in [5.74, 6) is 0.741. The van der Waals surface area contributed by atoms with Gasteiger partial charge in [-0.3, -0.25) is 0 Å². The molecule has 6 nitrogen and oxygen atoms in total. The van der Waals surface area contributed by atoms with Gasteiger partial charge in [-0.05, 0) is 58.8 Å². The molecule has 1 aromatic carbocycles. The number of rotatable bonds is 6. The molecule has 31 heavy (non-hydrogen) atoms. The molecule has 4 rings (SSSR count). The van der Waals surface area contributed by atoms with Gasteiger partial charge in [0.25, 0.3) is 0 Å². The number of pyridine rings is 1. The maximum absolute atomic E-state index is 12.3. The van der Waals surface area contributed by atoms with Gasteiger partial charge in [-0.2, -0.15) is 16.3 Å². The maximum atomic E-state index is 12.3. The maximum Gasteiger partial charge on any atom is 0.573 e. The highest BCUT2D eigenvalue weighted by atomic mass is 35.5. The lowest BCUT2D eigenvalue weighted by Crippen LogP contribution is -2.16. The van der Waals surface area contributed by atoms with Crippen molar-refractivity contribution in [3.05, 3.63) is 70.6 Å². The molecule has 0 unspecified atom stereocenters. The first-order chi connectivity index (χ1) is 14.9. The SMILES string of the molecule is FC(F)(F)Oc1ccc(Nc2nc(Nc3ccc(-c4ccsc4)cn3)ncc2Cl)cc1. The third-order valence-electron chi connectivity index (χ3n) is 3.95. The normalized spacial score (nSPS) is 11.2. The van der Waals surface area contributed by atoms with Gasteiger partial charge < -0.3 is 15.4 Å². The van der Waals surface area contributed by atoms with Crippen LogP contribution in [0.4, 0.5) is 36.4 Å². The smallest absolute Gasteiger partial charge is 0.406 e. The summed E-state index contributed by atoms with van der Waals surface area (Å²) in [4.78, 5) is 12.8. The second kappa shape index (κ2) is 8.78. The minimum Gasteiger partial charge on any atom is -0.406 e. The van der Waals surface area contributed by atoms with Crippen LogP contribution in [0.3, 0.4) is 0 Å². The molecule has 0 saturated heterocycles. The van der Waals surface area contributed by atoms with E-state index in [2.05, 4.69) is 30.3 Å². The number of anilines is 4. The van der Waals surface area contributed by atoms with Crippen molar-refractivity contribution >= 4 is 46.2 Å². The average Bonchev–Trinajstić information content (AvgIpc) is 3.26. The van der Waals surface area contributed by atoms with Crippen molar-refractivity contribution in [2.24, 2.45) is 0 Å². The Kier molecular flexibility index (Phi) is 5.92. The van der Waals surface area contributed by atoms with Crippen LogP contribution in [-0.4, -0.2) is 21.3 Å². The van der Waals surface area contributed by atoms with Crippen molar-refractivity contribution in [3.8, 4) is 16.9 Å². The molecule has 11 heteroatoms. The lowest BCUT2D eigenvalue weighted by atomic mass is 10.1. The molecule has 0 amide bonds. The Bertz CT molecular complexity index is 1150. The number of benzene rings is 1. The molecule has 0 aliphatic carbocycles. The summed E-state index contributed by atoms with van der Waals surface area (Å²) < 4.78 is 40.7. The number of nitrogens with zero attached hydrogens (tertiary/aromatic N) is 3. The van der Waals surface area contributed by atoms with E-state index in [9.17, 15) is 13.2 Å². The van der Waals surface area contributed by atoms with Gasteiger partial charge >= 0.3 is 6.36 Å². The van der Waals surface area contributed by atoms with Crippen molar-refractivity contribution in [1.82, 2.24) is 15.0 Å². The summed E-state index contributed by atoms with van der Waals surface area (Å²) in [6.07, 6.45) is -1.61. The fourth-order valence-electron chi connectivity index (χ4n) is 2.57. The number of thiophene rings is 1. The van der Waals surface area contributed by atoms with E-state index in [0.717, 1.165) is 11.1 Å². The molecule has 0 bridgehead atoms. The molecule has 3 heterocycles. The standard InChI is InChI=1S/C20H13ClF3N5OS/c21-16-10-26-19(28-17-6-1-12(9-25-17)13-7-8-31-11-13)29-18(16)27-14-2-4-15(5-3-14)30-20(22,23)24/h1-11H,(H2,25,26,27,28,29). The lowest BCUT2D eigenvalue weighted by molar-refractivity contribution is -0.274. The second-order valence-corrected chi connectivity index (χ2v) is 7.34. The van der Waals surface area contributed by atoms with Crippen molar-refractivity contribution in [2.45, 2.75) is 6.36 Å². The summed E-state index contributed by atoms with van der Waals surface area (Å²) in [7, 11) is 0. The van der Waals surface area contributed by atoms with E-state index in [1.165, 1.54) is 30.5 Å². The topological polar surface area (TPSA) is 72.0 Å². The molecule has 2 N–H and O–H groups in total. The van der Waals surface area contributed by atoms with Gasteiger partial charge in [0, 0.05) is 17.4 Å². The minimum absolute atomic E-state index is 0.238. The van der Waals surface area contributed by atoms with Gasteiger partial charge in [0.05, 0.1) is 6.20 Å². The van der Waals surface area contributed by atoms with Gasteiger partial charge in [-0.15, -0.1) is 13.2 Å². The molecule has 0 aliphatic rings. The Morgan fingerprint density at radius 3 is 2.35 bits per heavy atom. The van der Waals surface area contributed by atoms with Crippen molar-refractivity contribution in [1.29, 1.82) is 0 Å². The van der Waals surface area contributed by atoms with Gasteiger partial charge in [-0.1, -0.05) is 11.6 Å². The molecule has 0 fully saturated rings. The molecular formula is C20H13ClF3N5OS. The molecule has 0 atom stereocenters. The minimum atomic E-state index is -4.75. The van der Waals surface area contributed by atoms with Gasteiger partial charge in [0.1, 0.15) is 16.6 Å². The molecule has 3 aromatic heterocycles. The number of hydrogen-bond donors (Lipinski definition) is 2. The van der Waals surface area contributed by atoms with Crippen LogP contribution in [0.5, 0.6) is 5.75 Å². The predicted octanol–water partition coefficient (Wildman–Crippen LogP) is 6.64. The van der Waals surface area contributed by atoms with Crippen LogP contribution in [0.2, 0.25) is 5.02 Å². The number of hydrogen-bond acceptors (Lipinski definition) is 7. The highest BCUT2D eigenvalue weighted by Crippen LogP contribution is 2.28. The van der Waals surface area contributed by atoms with E-state index in [4.69, 9.17) is 11.6 Å². The molecule has 158 valence electrons. The summed E-state index contributed by atoms with van der Waals surface area (Å²) in [5.41, 5.74) is 2.55. The zero-order valence-electron chi connectivity index (χ0n) is 15.5. The third kappa shape index (κ3) is 5.62. The molecular weight excluding hydrogens is 451 g/mol. The Balaban J connectivity index is 1.46. The largest absolute Gasteiger partial charge is 0.573 e. The quantitative estimate of drug-likeness (QED) is 0.334. The van der Waals surface area contributed by atoms with Gasteiger partial charge in [0.2, 0.25) is 5.95 Å². The van der Waals surface area contributed by atoms with Gasteiger partial charge in [-0.25, -0.2) is 9.97 Å². The molecule has 0 spiro atoms. The Labute approximate surface area is 183 Å². The highest BCUT2D eigenvalue weighted by molar-refractivity contribution is 7.08. The predicted molar refractivity (Wildman–Crippen MR) is 114 cm³/mol. The van der Waals surface area contributed by atoms with Crippen LogP contribution in [-0.2, 0) is 0 Å². The lowest BCUT2D eigenvalue weighted by Gasteiger charge is -2.12. The Morgan fingerprint density at radius 1 is 0.903 bits per heavy atom. The van der Waals surface area contributed by atoms with E-state index in [1.807, 2.05) is 22.9 Å². The fraction of sp³-hybridized carbons (Fsp3) is 0.0500. The third-order valence-corrected chi connectivity index (χ3v) is 4.91. The summed E-state index contributed by atoms with van der Waals surface area (Å²) >= 11 is 7.75. The van der Waals surface area contributed by atoms with Crippen LogP contribution < -0.4 is 15.4 Å². The van der Waals surface area contributed by atoms with Crippen LogP contribution in [0.15, 0.2) is 65.6 Å². The van der Waals surface area contributed by atoms with Gasteiger partial charge in [0.15, 0.2) is 5.82 Å². The summed E-state index contributed by atoms with van der Waals surface area (Å²) in [5, 5.41) is 10.2. The second-order valence-electron chi connectivity index (χ2n) is 6.16. The zero-order chi connectivity index (χ0) is 21.8. The monoisotopic (exact) mass is 463 g/mol. The van der Waals surface area contributed by atoms with E-state index < -0.39 is 6.36 Å². The fourth-order valence-corrected chi connectivity index (χ4v) is 3.38. The molecule has 0 radical (unpaired) electrons. The molecule has 0 aliphatic heterocycles. The number of nitrogens with one attached hydrogen (secondary N) is 2. The van der Waals surface area contributed by atoms with Crippen molar-refractivity contribution in [2.75, 3.05) is 10.6 Å². The number of alkyl halides is 3. The highest BCUT2D eigenvalue weighted by Gasteiger charge is 2.30. The first kappa shape index (κ1) is 20.9.